The second kappa shape index (κ2) is 9.30. The summed E-state index contributed by atoms with van der Waals surface area (Å²) in [7, 11) is -3.89. The fraction of sp³-hybridized carbons (Fsp3) is 0.625. The van der Waals surface area contributed by atoms with Crippen molar-refractivity contribution in [1.82, 2.24) is 10.0 Å². The molecule has 0 spiro atoms. The van der Waals surface area contributed by atoms with Crippen LogP contribution in [0.15, 0.2) is 16.3 Å². The fourth-order valence-electron chi connectivity index (χ4n) is 2.10. The first kappa shape index (κ1) is 21.6. The van der Waals surface area contributed by atoms with Crippen LogP contribution >= 0.6 is 11.3 Å². The third-order valence-corrected chi connectivity index (χ3v) is 6.48. The Bertz CT molecular complexity index is 695. The largest absolute Gasteiger partial charge is 0.480 e. The van der Waals surface area contributed by atoms with E-state index in [9.17, 15) is 18.0 Å². The number of hydrogen-bond acceptors (Lipinski definition) is 5. The van der Waals surface area contributed by atoms with E-state index < -0.39 is 22.0 Å². The van der Waals surface area contributed by atoms with Crippen molar-refractivity contribution in [3.8, 4) is 0 Å². The minimum absolute atomic E-state index is 0.0256. The molecular formula is C16H26N2O5S2. The molecule has 0 aliphatic carbocycles. The van der Waals surface area contributed by atoms with Crippen LogP contribution in [0.5, 0.6) is 0 Å². The Morgan fingerprint density at radius 3 is 2.36 bits per heavy atom. The summed E-state index contributed by atoms with van der Waals surface area (Å²) in [6.07, 6.45) is 0.982. The van der Waals surface area contributed by atoms with Gasteiger partial charge in [-0.25, -0.2) is 8.42 Å². The summed E-state index contributed by atoms with van der Waals surface area (Å²) in [4.78, 5) is 23.6. The van der Waals surface area contributed by atoms with E-state index in [1.807, 2.05) is 13.8 Å². The molecule has 7 nitrogen and oxygen atoms in total. The number of carbonyl (C=O) groups excluding carboxylic acids is 1. The molecule has 1 rings (SSSR count). The van der Waals surface area contributed by atoms with Gasteiger partial charge in [-0.05, 0) is 30.4 Å². The number of hydrogen-bond donors (Lipinski definition) is 3. The molecule has 1 heterocycles. The zero-order valence-electron chi connectivity index (χ0n) is 14.9. The molecule has 1 unspecified atom stereocenters. The van der Waals surface area contributed by atoms with Gasteiger partial charge in [0.2, 0.25) is 5.91 Å². The molecule has 1 amide bonds. The zero-order valence-corrected chi connectivity index (χ0v) is 16.5. The number of carboxylic acids is 1. The van der Waals surface area contributed by atoms with Crippen molar-refractivity contribution in [1.29, 1.82) is 0 Å². The second-order valence-electron chi connectivity index (χ2n) is 6.60. The predicted octanol–water partition coefficient (Wildman–Crippen LogP) is 1.84. The lowest BCUT2D eigenvalue weighted by atomic mass is 10.1. The maximum Gasteiger partial charge on any atom is 0.322 e. The van der Waals surface area contributed by atoms with Gasteiger partial charge in [0.25, 0.3) is 10.0 Å². The van der Waals surface area contributed by atoms with Crippen molar-refractivity contribution < 1.29 is 23.1 Å². The number of nitrogens with one attached hydrogen (secondary N) is 2. The Hall–Kier alpha value is -1.45. The molecule has 0 saturated heterocycles. The van der Waals surface area contributed by atoms with Crippen LogP contribution in [0.3, 0.4) is 0 Å². The monoisotopic (exact) mass is 390 g/mol. The first-order valence-electron chi connectivity index (χ1n) is 8.13. The average molecular weight is 391 g/mol. The van der Waals surface area contributed by atoms with Gasteiger partial charge in [-0.15, -0.1) is 11.3 Å². The highest BCUT2D eigenvalue weighted by atomic mass is 32.2. The van der Waals surface area contributed by atoms with E-state index in [0.717, 1.165) is 16.2 Å². The van der Waals surface area contributed by atoms with Crippen LogP contribution in [0.1, 0.15) is 39.0 Å². The molecule has 1 aromatic rings. The number of thiophene rings is 1. The van der Waals surface area contributed by atoms with Crippen molar-refractivity contribution in [2.45, 2.75) is 50.8 Å². The lowest BCUT2D eigenvalue weighted by Gasteiger charge is -2.17. The summed E-state index contributed by atoms with van der Waals surface area (Å²) in [5, 5.41) is 11.9. The van der Waals surface area contributed by atoms with E-state index in [1.165, 1.54) is 6.07 Å². The van der Waals surface area contributed by atoms with E-state index in [2.05, 4.69) is 10.0 Å². The lowest BCUT2D eigenvalue weighted by Crippen LogP contribution is -2.43. The summed E-state index contributed by atoms with van der Waals surface area (Å²) >= 11 is 1.08. The van der Waals surface area contributed by atoms with Crippen LogP contribution in [0.4, 0.5) is 0 Å². The molecule has 1 aromatic heterocycles. The minimum atomic E-state index is -3.89. The molecule has 1 atom stereocenters. The van der Waals surface area contributed by atoms with Gasteiger partial charge in [0.1, 0.15) is 10.3 Å². The van der Waals surface area contributed by atoms with Crippen LogP contribution in [0.2, 0.25) is 0 Å². The van der Waals surface area contributed by atoms with E-state index >= 15 is 0 Å². The molecule has 3 N–H and O–H groups in total. The first-order chi connectivity index (χ1) is 11.5. The molecule has 0 bridgehead atoms. The van der Waals surface area contributed by atoms with Crippen molar-refractivity contribution >= 4 is 33.2 Å². The highest BCUT2D eigenvalue weighted by molar-refractivity contribution is 7.91. The summed E-state index contributed by atoms with van der Waals surface area (Å²) in [5.74, 6) is -1.32. The summed E-state index contributed by atoms with van der Waals surface area (Å²) < 4.78 is 27.0. The van der Waals surface area contributed by atoms with E-state index in [-0.39, 0.29) is 22.0 Å². The zero-order chi connectivity index (χ0) is 19.2. The Balaban J connectivity index is 2.67. The van der Waals surface area contributed by atoms with Gasteiger partial charge < -0.3 is 10.4 Å². The second-order valence-corrected chi connectivity index (χ2v) is 9.71. The Labute approximate surface area is 152 Å². The molecular weight excluding hydrogens is 364 g/mol. The van der Waals surface area contributed by atoms with Gasteiger partial charge in [0.15, 0.2) is 0 Å². The van der Waals surface area contributed by atoms with Gasteiger partial charge >= 0.3 is 5.97 Å². The van der Waals surface area contributed by atoms with Gasteiger partial charge in [0, 0.05) is 17.8 Å². The number of carbonyl (C=O) groups is 2. The number of amides is 1. The van der Waals surface area contributed by atoms with Crippen LogP contribution in [0, 0.1) is 11.8 Å². The third-order valence-electron chi connectivity index (χ3n) is 3.40. The van der Waals surface area contributed by atoms with Crippen LogP contribution in [0.25, 0.3) is 0 Å². The van der Waals surface area contributed by atoms with Gasteiger partial charge in [-0.2, -0.15) is 4.72 Å². The van der Waals surface area contributed by atoms with Crippen molar-refractivity contribution in [3.05, 3.63) is 17.0 Å². The SMILES string of the molecule is CC(C)CC(=O)NCCc1ccc(S(=O)(=O)NC(C(=O)O)C(C)C)s1. The molecule has 0 radical (unpaired) electrons. The molecule has 0 aliphatic rings. The van der Waals surface area contributed by atoms with Gasteiger partial charge in [-0.1, -0.05) is 27.7 Å². The first-order valence-corrected chi connectivity index (χ1v) is 10.4. The van der Waals surface area contributed by atoms with E-state index in [0.29, 0.717) is 19.4 Å². The standard InChI is InChI=1S/C16H26N2O5S2/c1-10(2)9-13(19)17-8-7-12-5-6-14(24-12)25(22,23)18-15(11(3)4)16(20)21/h5-6,10-11,15,18H,7-9H2,1-4H3,(H,17,19)(H,20,21). The Morgan fingerprint density at radius 1 is 1.20 bits per heavy atom. The molecule has 0 aromatic carbocycles. The highest BCUT2D eigenvalue weighted by Gasteiger charge is 2.28. The molecule has 0 aliphatic heterocycles. The maximum absolute atomic E-state index is 12.3. The van der Waals surface area contributed by atoms with Crippen molar-refractivity contribution in [2.24, 2.45) is 11.8 Å². The predicted molar refractivity (Wildman–Crippen MR) is 97.1 cm³/mol. The van der Waals surface area contributed by atoms with Gasteiger partial charge in [-0.3, -0.25) is 9.59 Å². The molecule has 0 saturated carbocycles. The van der Waals surface area contributed by atoms with Crippen LogP contribution < -0.4 is 10.0 Å². The Morgan fingerprint density at radius 2 is 1.84 bits per heavy atom. The van der Waals surface area contributed by atoms with Crippen molar-refractivity contribution in [3.63, 3.8) is 0 Å². The summed E-state index contributed by atoms with van der Waals surface area (Å²) in [5.41, 5.74) is 0. The summed E-state index contributed by atoms with van der Waals surface area (Å²) in [6.45, 7) is 7.64. The topological polar surface area (TPSA) is 113 Å². The molecule has 142 valence electrons. The minimum Gasteiger partial charge on any atom is -0.480 e. The number of aliphatic carboxylic acids is 1. The summed E-state index contributed by atoms with van der Waals surface area (Å²) in [6, 6.07) is 1.96. The lowest BCUT2D eigenvalue weighted by molar-refractivity contribution is -0.140. The molecule has 25 heavy (non-hydrogen) atoms. The molecule has 0 fully saturated rings. The maximum atomic E-state index is 12.3. The average Bonchev–Trinajstić information content (AvgIpc) is 2.93. The Kier molecular flexibility index (Phi) is 8.04. The third kappa shape index (κ3) is 7.13. The van der Waals surface area contributed by atoms with Crippen LogP contribution in [-0.2, 0) is 26.0 Å². The number of carboxylic acid groups (broad SMARTS) is 1. The van der Waals surface area contributed by atoms with E-state index in [1.54, 1.807) is 19.9 Å². The quantitative estimate of drug-likeness (QED) is 0.564. The smallest absolute Gasteiger partial charge is 0.322 e. The fourth-order valence-corrected chi connectivity index (χ4v) is 4.81. The highest BCUT2D eigenvalue weighted by Crippen LogP contribution is 2.22. The number of rotatable bonds is 10. The molecule has 9 heteroatoms. The van der Waals surface area contributed by atoms with Crippen molar-refractivity contribution in [2.75, 3.05) is 6.54 Å². The van der Waals surface area contributed by atoms with E-state index in [4.69, 9.17) is 5.11 Å². The number of sulfonamides is 1. The van der Waals surface area contributed by atoms with Gasteiger partial charge in [0.05, 0.1) is 0 Å². The normalized spacial score (nSPS) is 13.2. The van der Waals surface area contributed by atoms with Crippen LogP contribution in [-0.4, -0.2) is 38.0 Å².